The van der Waals surface area contributed by atoms with Crippen molar-refractivity contribution in [1.29, 1.82) is 0 Å². The number of hydrogen-bond donors (Lipinski definition) is 2. The van der Waals surface area contributed by atoms with Crippen molar-refractivity contribution in [2.45, 2.75) is 25.6 Å². The molecule has 0 aliphatic carbocycles. The fourth-order valence-electron chi connectivity index (χ4n) is 1.18. The van der Waals surface area contributed by atoms with E-state index >= 15 is 0 Å². The highest BCUT2D eigenvalue weighted by Crippen LogP contribution is 2.10. The van der Waals surface area contributed by atoms with Crippen LogP contribution in [0.3, 0.4) is 0 Å². The Labute approximate surface area is 95.0 Å². The number of benzene rings is 1. The van der Waals surface area contributed by atoms with Crippen LogP contribution in [0.4, 0.5) is 0 Å². The van der Waals surface area contributed by atoms with Crippen molar-refractivity contribution in [3.05, 3.63) is 42.0 Å². The summed E-state index contributed by atoms with van der Waals surface area (Å²) in [6.45, 7) is 2.79. The minimum Gasteiger partial charge on any atom is -0.387 e. The second-order valence-corrected chi connectivity index (χ2v) is 4.20. The van der Waals surface area contributed by atoms with Gasteiger partial charge in [0.25, 0.3) is 0 Å². The van der Waals surface area contributed by atoms with Crippen LogP contribution < -0.4 is 0 Å². The molecule has 1 unspecified atom stereocenters. The van der Waals surface area contributed by atoms with Gasteiger partial charge in [-0.3, -0.25) is 4.79 Å². The summed E-state index contributed by atoms with van der Waals surface area (Å²) in [5.74, 6) is -0.503. The van der Waals surface area contributed by atoms with E-state index in [1.165, 1.54) is 19.9 Å². The molecule has 16 heavy (non-hydrogen) atoms. The molecule has 0 amide bonds. The first-order valence-electron chi connectivity index (χ1n) is 5.08. The van der Waals surface area contributed by atoms with Crippen LogP contribution in [-0.4, -0.2) is 27.7 Å². The van der Waals surface area contributed by atoms with E-state index in [4.69, 9.17) is 0 Å². The highest BCUT2D eigenvalue weighted by molar-refractivity contribution is 5.97. The minimum absolute atomic E-state index is 0.503. The molecule has 0 saturated carbocycles. The summed E-state index contributed by atoms with van der Waals surface area (Å²) in [4.78, 5) is 11.5. The third-order valence-corrected chi connectivity index (χ3v) is 2.18. The molecule has 0 saturated heterocycles. The number of ketones is 1. The largest absolute Gasteiger partial charge is 0.387 e. The van der Waals surface area contributed by atoms with Gasteiger partial charge in [-0.25, -0.2) is 0 Å². The molecule has 1 aromatic carbocycles. The predicted octanol–water partition coefficient (Wildman–Crippen LogP) is 1.40. The lowest BCUT2D eigenvalue weighted by Gasteiger charge is -2.21. The number of aliphatic hydroxyl groups excluding tert-OH is 1. The van der Waals surface area contributed by atoms with Gasteiger partial charge in [-0.15, -0.1) is 0 Å². The van der Waals surface area contributed by atoms with E-state index in [9.17, 15) is 15.0 Å². The molecule has 1 atom stereocenters. The smallest absolute Gasteiger partial charge is 0.187 e. The molecule has 0 fully saturated rings. The summed E-state index contributed by atoms with van der Waals surface area (Å²) in [6.07, 6.45) is 1.49. The molecule has 0 spiro atoms. The molecule has 0 aromatic heterocycles. The van der Waals surface area contributed by atoms with E-state index < -0.39 is 17.5 Å². The summed E-state index contributed by atoms with van der Waals surface area (Å²) in [7, 11) is 0. The maximum atomic E-state index is 11.5. The van der Waals surface area contributed by atoms with Crippen molar-refractivity contribution in [3.8, 4) is 0 Å². The molecule has 0 radical (unpaired) electrons. The van der Waals surface area contributed by atoms with Gasteiger partial charge in [0.2, 0.25) is 0 Å². The zero-order chi connectivity index (χ0) is 12.2. The minimum atomic E-state index is -1.42. The van der Waals surface area contributed by atoms with Crippen molar-refractivity contribution in [3.63, 3.8) is 0 Å². The van der Waals surface area contributed by atoms with E-state index in [2.05, 4.69) is 0 Å². The van der Waals surface area contributed by atoms with Gasteiger partial charge in [0.1, 0.15) is 6.10 Å². The van der Waals surface area contributed by atoms with Gasteiger partial charge in [-0.05, 0) is 25.5 Å². The number of rotatable bonds is 4. The summed E-state index contributed by atoms with van der Waals surface area (Å²) in [6, 6.07) is 9.29. The molecule has 3 heteroatoms. The molecule has 1 aromatic rings. The second kappa shape index (κ2) is 5.05. The second-order valence-electron chi connectivity index (χ2n) is 4.20. The first kappa shape index (κ1) is 12.6. The number of aliphatic hydroxyl groups is 2. The highest BCUT2D eigenvalue weighted by atomic mass is 16.3. The molecule has 1 rings (SSSR count). The van der Waals surface area contributed by atoms with Crippen molar-refractivity contribution < 1.29 is 15.0 Å². The molecule has 0 aliphatic heterocycles. The Morgan fingerprint density at radius 3 is 2.38 bits per heavy atom. The molecule has 0 aliphatic rings. The highest BCUT2D eigenvalue weighted by Gasteiger charge is 2.29. The van der Waals surface area contributed by atoms with Crippen molar-refractivity contribution >= 4 is 11.9 Å². The topological polar surface area (TPSA) is 57.5 Å². The number of carbonyl (C=O) groups is 1. The van der Waals surface area contributed by atoms with E-state index in [-0.39, 0.29) is 0 Å². The maximum absolute atomic E-state index is 11.5. The quantitative estimate of drug-likeness (QED) is 0.754. The summed E-state index contributed by atoms with van der Waals surface area (Å²) >= 11 is 0. The molecule has 86 valence electrons. The van der Waals surface area contributed by atoms with Crippen LogP contribution in [0, 0.1) is 0 Å². The first-order chi connectivity index (χ1) is 7.41. The molecule has 2 N–H and O–H groups in total. The Balaban J connectivity index is 2.69. The number of hydrogen-bond acceptors (Lipinski definition) is 3. The summed E-state index contributed by atoms with van der Waals surface area (Å²) in [5, 5.41) is 18.9. The van der Waals surface area contributed by atoms with E-state index in [1.54, 1.807) is 6.08 Å². The van der Waals surface area contributed by atoms with Crippen molar-refractivity contribution in [1.82, 2.24) is 0 Å². The molecule has 3 nitrogen and oxygen atoms in total. The third kappa shape index (κ3) is 3.61. The van der Waals surface area contributed by atoms with Crippen molar-refractivity contribution in [2.75, 3.05) is 0 Å². The Kier molecular flexibility index (Phi) is 3.99. The fourth-order valence-corrected chi connectivity index (χ4v) is 1.18. The van der Waals surface area contributed by atoms with Gasteiger partial charge in [-0.2, -0.15) is 0 Å². The van der Waals surface area contributed by atoms with Crippen LogP contribution >= 0.6 is 0 Å². The van der Waals surface area contributed by atoms with E-state index in [0.717, 1.165) is 5.56 Å². The van der Waals surface area contributed by atoms with Crippen molar-refractivity contribution in [2.24, 2.45) is 0 Å². The monoisotopic (exact) mass is 220 g/mol. The Morgan fingerprint density at radius 2 is 1.88 bits per heavy atom. The Hall–Kier alpha value is -1.45. The SMILES string of the molecule is CC(C)(O)C(O)C(=O)C=Cc1ccccc1. The molecular formula is C13H16O3. The lowest BCUT2D eigenvalue weighted by molar-refractivity contribution is -0.134. The van der Waals surface area contributed by atoms with Crippen LogP contribution in [-0.2, 0) is 4.79 Å². The summed E-state index contributed by atoms with van der Waals surface area (Å²) in [5.41, 5.74) is -0.545. The Morgan fingerprint density at radius 1 is 1.31 bits per heavy atom. The zero-order valence-electron chi connectivity index (χ0n) is 9.42. The predicted molar refractivity (Wildman–Crippen MR) is 62.8 cm³/mol. The lowest BCUT2D eigenvalue weighted by atomic mass is 9.97. The molecular weight excluding hydrogens is 204 g/mol. The van der Waals surface area contributed by atoms with Gasteiger partial charge in [-0.1, -0.05) is 36.4 Å². The van der Waals surface area contributed by atoms with E-state index in [1.807, 2.05) is 30.3 Å². The van der Waals surface area contributed by atoms with Gasteiger partial charge in [0, 0.05) is 0 Å². The first-order valence-corrected chi connectivity index (χ1v) is 5.08. The van der Waals surface area contributed by atoms with Crippen LogP contribution in [0.25, 0.3) is 6.08 Å². The molecule has 0 heterocycles. The normalized spacial score (nSPS) is 14.0. The van der Waals surface area contributed by atoms with Gasteiger partial charge < -0.3 is 10.2 Å². The third-order valence-electron chi connectivity index (χ3n) is 2.18. The average molecular weight is 220 g/mol. The Bertz CT molecular complexity index is 374. The average Bonchev–Trinajstić information content (AvgIpc) is 2.25. The zero-order valence-corrected chi connectivity index (χ0v) is 9.42. The van der Waals surface area contributed by atoms with Gasteiger partial charge >= 0.3 is 0 Å². The van der Waals surface area contributed by atoms with Crippen LogP contribution in [0.5, 0.6) is 0 Å². The van der Waals surface area contributed by atoms with Crippen LogP contribution in [0.2, 0.25) is 0 Å². The lowest BCUT2D eigenvalue weighted by Crippen LogP contribution is -2.41. The maximum Gasteiger partial charge on any atom is 0.187 e. The number of carbonyl (C=O) groups excluding carboxylic acids is 1. The standard InChI is InChI=1S/C13H16O3/c1-13(2,16)12(15)11(14)9-8-10-6-4-3-5-7-10/h3-9,12,15-16H,1-2H3. The van der Waals surface area contributed by atoms with E-state index in [0.29, 0.717) is 0 Å². The van der Waals surface area contributed by atoms with Crippen LogP contribution in [0.1, 0.15) is 19.4 Å². The van der Waals surface area contributed by atoms with Gasteiger partial charge in [0.15, 0.2) is 5.78 Å². The summed E-state index contributed by atoms with van der Waals surface area (Å²) < 4.78 is 0. The fraction of sp³-hybridized carbons (Fsp3) is 0.308. The molecule has 0 bridgehead atoms. The van der Waals surface area contributed by atoms with Gasteiger partial charge in [0.05, 0.1) is 5.60 Å². The van der Waals surface area contributed by atoms with Crippen LogP contribution in [0.15, 0.2) is 36.4 Å².